The molecule has 3 rings (SSSR count). The molecule has 0 amide bonds. The molecule has 3 nitrogen and oxygen atoms in total. The van der Waals surface area contributed by atoms with Gasteiger partial charge in [0.2, 0.25) is 0 Å². The smallest absolute Gasteiger partial charge is 0.119 e. The van der Waals surface area contributed by atoms with Gasteiger partial charge in [-0.2, -0.15) is 0 Å². The van der Waals surface area contributed by atoms with Crippen molar-refractivity contribution >= 4 is 5.69 Å². The minimum Gasteiger partial charge on any atom is -0.497 e. The first kappa shape index (κ1) is 13.0. The van der Waals surface area contributed by atoms with E-state index in [2.05, 4.69) is 41.3 Å². The van der Waals surface area contributed by atoms with Crippen molar-refractivity contribution in [2.75, 3.05) is 25.3 Å². The van der Waals surface area contributed by atoms with Crippen molar-refractivity contribution in [3.63, 3.8) is 0 Å². The topological polar surface area (TPSA) is 21.7 Å². The van der Waals surface area contributed by atoms with Crippen molar-refractivity contribution in [1.82, 2.24) is 0 Å². The third kappa shape index (κ3) is 2.94. The van der Waals surface area contributed by atoms with Gasteiger partial charge >= 0.3 is 0 Å². The van der Waals surface area contributed by atoms with Crippen LogP contribution < -0.4 is 9.64 Å². The highest BCUT2D eigenvalue weighted by Gasteiger charge is 2.23. The molecule has 1 unspecified atom stereocenters. The van der Waals surface area contributed by atoms with Crippen molar-refractivity contribution in [1.29, 1.82) is 0 Å². The predicted octanol–water partition coefficient (Wildman–Crippen LogP) is 3.10. The van der Waals surface area contributed by atoms with Gasteiger partial charge in [-0.15, -0.1) is 0 Å². The van der Waals surface area contributed by atoms with Gasteiger partial charge in [0.25, 0.3) is 0 Å². The maximum Gasteiger partial charge on any atom is 0.119 e. The fraction of sp³-hybridized carbons (Fsp3) is 0.294. The fourth-order valence-electron chi connectivity index (χ4n) is 2.51. The second-order valence-corrected chi connectivity index (χ2v) is 5.03. The van der Waals surface area contributed by atoms with E-state index in [9.17, 15) is 0 Å². The van der Waals surface area contributed by atoms with Crippen LogP contribution in [-0.2, 0) is 11.2 Å². The van der Waals surface area contributed by atoms with E-state index in [1.807, 2.05) is 18.2 Å². The van der Waals surface area contributed by atoms with Crippen LogP contribution in [0.1, 0.15) is 5.56 Å². The van der Waals surface area contributed by atoms with E-state index in [0.29, 0.717) is 6.73 Å². The lowest BCUT2D eigenvalue weighted by molar-refractivity contribution is 0.117. The molecule has 1 aliphatic heterocycles. The molecule has 0 saturated carbocycles. The summed E-state index contributed by atoms with van der Waals surface area (Å²) in [5.74, 6) is 0.895. The van der Waals surface area contributed by atoms with Crippen molar-refractivity contribution in [3.05, 3.63) is 60.2 Å². The SMILES string of the molecule is COc1ccc(CC2CN(c3ccccc3)CO2)cc1. The monoisotopic (exact) mass is 269 g/mol. The van der Waals surface area contributed by atoms with Crippen LogP contribution in [0.5, 0.6) is 5.75 Å². The summed E-state index contributed by atoms with van der Waals surface area (Å²) in [5.41, 5.74) is 2.51. The van der Waals surface area contributed by atoms with Gasteiger partial charge in [-0.25, -0.2) is 0 Å². The van der Waals surface area contributed by atoms with Gasteiger partial charge in [0.05, 0.1) is 13.2 Å². The molecule has 104 valence electrons. The normalized spacial score (nSPS) is 18.2. The molecule has 0 radical (unpaired) electrons. The van der Waals surface area contributed by atoms with Crippen LogP contribution in [0.3, 0.4) is 0 Å². The molecule has 0 aliphatic carbocycles. The zero-order chi connectivity index (χ0) is 13.8. The summed E-state index contributed by atoms with van der Waals surface area (Å²) in [6.07, 6.45) is 1.19. The minimum absolute atomic E-state index is 0.253. The Bertz CT molecular complexity index is 539. The summed E-state index contributed by atoms with van der Waals surface area (Å²) in [5, 5.41) is 0. The molecule has 20 heavy (non-hydrogen) atoms. The Labute approximate surface area is 119 Å². The minimum atomic E-state index is 0.253. The standard InChI is InChI=1S/C17H19NO2/c1-19-16-9-7-14(8-10-16)11-17-12-18(13-20-17)15-5-3-2-4-6-15/h2-10,17H,11-13H2,1H3. The average molecular weight is 269 g/mol. The Hall–Kier alpha value is -2.00. The summed E-state index contributed by atoms with van der Waals surface area (Å²) in [6.45, 7) is 1.61. The lowest BCUT2D eigenvalue weighted by Crippen LogP contribution is -2.22. The van der Waals surface area contributed by atoms with E-state index < -0.39 is 0 Å². The van der Waals surface area contributed by atoms with Crippen molar-refractivity contribution in [2.24, 2.45) is 0 Å². The molecule has 2 aromatic rings. The van der Waals surface area contributed by atoms with Crippen molar-refractivity contribution in [2.45, 2.75) is 12.5 Å². The van der Waals surface area contributed by atoms with Crippen LogP contribution in [0.15, 0.2) is 54.6 Å². The number of hydrogen-bond acceptors (Lipinski definition) is 3. The quantitative estimate of drug-likeness (QED) is 0.851. The molecule has 1 saturated heterocycles. The van der Waals surface area contributed by atoms with Crippen LogP contribution in [0.25, 0.3) is 0 Å². The molecule has 0 spiro atoms. The van der Waals surface area contributed by atoms with Crippen LogP contribution in [-0.4, -0.2) is 26.5 Å². The van der Waals surface area contributed by atoms with Gasteiger partial charge < -0.3 is 14.4 Å². The van der Waals surface area contributed by atoms with Crippen LogP contribution in [0.2, 0.25) is 0 Å². The Morgan fingerprint density at radius 3 is 2.55 bits per heavy atom. The third-order valence-corrected chi connectivity index (χ3v) is 3.63. The molecule has 1 aliphatic rings. The lowest BCUT2D eigenvalue weighted by atomic mass is 10.1. The molecular weight excluding hydrogens is 250 g/mol. The van der Waals surface area contributed by atoms with E-state index in [-0.39, 0.29) is 6.10 Å². The van der Waals surface area contributed by atoms with Gasteiger partial charge in [0.1, 0.15) is 12.5 Å². The predicted molar refractivity (Wildman–Crippen MR) is 80.2 cm³/mol. The molecule has 0 N–H and O–H groups in total. The average Bonchev–Trinajstić information content (AvgIpc) is 2.97. The second kappa shape index (κ2) is 5.97. The maximum atomic E-state index is 5.88. The highest BCUT2D eigenvalue weighted by molar-refractivity contribution is 5.46. The zero-order valence-corrected chi connectivity index (χ0v) is 11.7. The molecular formula is C17H19NO2. The summed E-state index contributed by atoms with van der Waals surface area (Å²) in [7, 11) is 1.69. The first-order valence-corrected chi connectivity index (χ1v) is 6.89. The van der Waals surface area contributed by atoms with Crippen LogP contribution in [0.4, 0.5) is 5.69 Å². The summed E-state index contributed by atoms with van der Waals surface area (Å²) in [4.78, 5) is 2.27. The Balaban J connectivity index is 1.60. The van der Waals surface area contributed by atoms with E-state index in [0.717, 1.165) is 18.7 Å². The van der Waals surface area contributed by atoms with Gasteiger partial charge in [0.15, 0.2) is 0 Å². The molecule has 1 atom stereocenters. The number of benzene rings is 2. The Morgan fingerprint density at radius 2 is 1.85 bits per heavy atom. The number of hydrogen-bond donors (Lipinski definition) is 0. The first-order chi connectivity index (χ1) is 9.85. The number of ether oxygens (including phenoxy) is 2. The molecule has 0 bridgehead atoms. The molecule has 1 heterocycles. The van der Waals surface area contributed by atoms with Gasteiger partial charge in [-0.05, 0) is 29.8 Å². The van der Waals surface area contributed by atoms with Gasteiger partial charge in [0, 0.05) is 18.7 Å². The number of anilines is 1. The van der Waals surface area contributed by atoms with Crippen LogP contribution in [0, 0.1) is 0 Å². The van der Waals surface area contributed by atoms with Gasteiger partial charge in [-0.1, -0.05) is 30.3 Å². The second-order valence-electron chi connectivity index (χ2n) is 5.03. The summed E-state index contributed by atoms with van der Waals surface area (Å²) < 4.78 is 11.0. The number of rotatable bonds is 4. The Morgan fingerprint density at radius 1 is 1.10 bits per heavy atom. The number of methoxy groups -OCH3 is 1. The van der Waals surface area contributed by atoms with Gasteiger partial charge in [-0.3, -0.25) is 0 Å². The first-order valence-electron chi connectivity index (χ1n) is 6.89. The maximum absolute atomic E-state index is 5.88. The van der Waals surface area contributed by atoms with Crippen molar-refractivity contribution < 1.29 is 9.47 Å². The largest absolute Gasteiger partial charge is 0.497 e. The molecule has 0 aromatic heterocycles. The fourth-order valence-corrected chi connectivity index (χ4v) is 2.51. The van der Waals surface area contributed by atoms with Crippen molar-refractivity contribution in [3.8, 4) is 5.75 Å². The van der Waals surface area contributed by atoms with Crippen LogP contribution >= 0.6 is 0 Å². The van der Waals surface area contributed by atoms with E-state index in [4.69, 9.17) is 9.47 Å². The zero-order valence-electron chi connectivity index (χ0n) is 11.7. The number of nitrogens with zero attached hydrogens (tertiary/aromatic N) is 1. The lowest BCUT2D eigenvalue weighted by Gasteiger charge is -2.15. The Kier molecular flexibility index (Phi) is 3.88. The van der Waals surface area contributed by atoms with E-state index >= 15 is 0 Å². The highest BCUT2D eigenvalue weighted by Crippen LogP contribution is 2.21. The molecule has 2 aromatic carbocycles. The number of para-hydroxylation sites is 1. The molecule has 1 fully saturated rings. The van der Waals surface area contributed by atoms with E-state index in [1.165, 1.54) is 11.3 Å². The summed E-state index contributed by atoms with van der Waals surface area (Å²) in [6, 6.07) is 18.6. The molecule has 3 heteroatoms. The highest BCUT2D eigenvalue weighted by atomic mass is 16.5. The summed E-state index contributed by atoms with van der Waals surface area (Å²) >= 11 is 0. The van der Waals surface area contributed by atoms with E-state index in [1.54, 1.807) is 7.11 Å². The third-order valence-electron chi connectivity index (χ3n) is 3.63.